The summed E-state index contributed by atoms with van der Waals surface area (Å²) in [5.74, 6) is 0.562. The number of hydrogen-bond acceptors (Lipinski definition) is 2. The summed E-state index contributed by atoms with van der Waals surface area (Å²) in [4.78, 5) is 27.8. The Hall–Kier alpha value is -1.84. The molecule has 4 nitrogen and oxygen atoms in total. The largest absolute Gasteiger partial charge is 0.342 e. The molecule has 1 aromatic rings. The second-order valence-electron chi connectivity index (χ2n) is 8.16. The number of likely N-dealkylation sites (tertiary alicyclic amines) is 1. The lowest BCUT2D eigenvalue weighted by molar-refractivity contribution is -0.141. The SMILES string of the molecule is CC(C)c1cccc(C(C)C)c1NC(=O)C1(C(=O)N2CCCC2)CC1. The zero-order valence-electron chi connectivity index (χ0n) is 15.9. The maximum absolute atomic E-state index is 13.1. The maximum Gasteiger partial charge on any atom is 0.240 e. The standard InChI is InChI=1S/C21H30N2O2/c1-14(2)16-8-7-9-17(15(3)4)18(16)22-19(24)21(10-11-21)20(25)23-12-5-6-13-23/h7-9,14-15H,5-6,10-13H2,1-4H3,(H,22,24). The van der Waals surface area contributed by atoms with E-state index in [-0.39, 0.29) is 11.8 Å². The molecule has 1 N–H and O–H groups in total. The average molecular weight is 342 g/mol. The highest BCUT2D eigenvalue weighted by molar-refractivity contribution is 6.13. The summed E-state index contributed by atoms with van der Waals surface area (Å²) >= 11 is 0. The number of carbonyl (C=O) groups excluding carboxylic acids is 2. The molecule has 4 heteroatoms. The molecule has 1 aliphatic carbocycles. The van der Waals surface area contributed by atoms with Gasteiger partial charge in [0.05, 0.1) is 0 Å². The van der Waals surface area contributed by atoms with Crippen LogP contribution in [-0.2, 0) is 9.59 Å². The number of benzene rings is 1. The van der Waals surface area contributed by atoms with Crippen molar-refractivity contribution in [3.05, 3.63) is 29.3 Å². The van der Waals surface area contributed by atoms with Crippen molar-refractivity contribution in [1.82, 2.24) is 4.90 Å². The van der Waals surface area contributed by atoms with Crippen LogP contribution in [0.15, 0.2) is 18.2 Å². The fourth-order valence-corrected chi connectivity index (χ4v) is 3.81. The van der Waals surface area contributed by atoms with Gasteiger partial charge in [0.1, 0.15) is 5.41 Å². The van der Waals surface area contributed by atoms with Crippen molar-refractivity contribution in [3.8, 4) is 0 Å². The molecule has 1 aromatic carbocycles. The van der Waals surface area contributed by atoms with Gasteiger partial charge in [0, 0.05) is 18.8 Å². The molecule has 1 saturated carbocycles. The number of rotatable bonds is 5. The molecule has 2 aliphatic rings. The van der Waals surface area contributed by atoms with Crippen molar-refractivity contribution in [3.63, 3.8) is 0 Å². The Morgan fingerprint density at radius 1 is 1.00 bits per heavy atom. The molecule has 0 bridgehead atoms. The lowest BCUT2D eigenvalue weighted by atomic mass is 9.92. The molecule has 1 saturated heterocycles. The van der Waals surface area contributed by atoms with Gasteiger partial charge in [-0.2, -0.15) is 0 Å². The van der Waals surface area contributed by atoms with Crippen molar-refractivity contribution >= 4 is 17.5 Å². The van der Waals surface area contributed by atoms with Crippen LogP contribution in [0.5, 0.6) is 0 Å². The molecule has 0 aromatic heterocycles. The smallest absolute Gasteiger partial charge is 0.240 e. The quantitative estimate of drug-likeness (QED) is 0.812. The Labute approximate surface area is 151 Å². The van der Waals surface area contributed by atoms with Crippen molar-refractivity contribution in [2.45, 2.75) is 65.2 Å². The molecule has 136 valence electrons. The van der Waals surface area contributed by atoms with Crippen LogP contribution in [0.1, 0.15) is 76.3 Å². The molecule has 1 heterocycles. The third-order valence-corrected chi connectivity index (χ3v) is 5.60. The summed E-state index contributed by atoms with van der Waals surface area (Å²) in [7, 11) is 0. The van der Waals surface area contributed by atoms with E-state index >= 15 is 0 Å². The molecule has 0 atom stereocenters. The molecule has 3 rings (SSSR count). The molecule has 0 radical (unpaired) electrons. The first kappa shape index (κ1) is 18.0. The number of anilines is 1. The minimum atomic E-state index is -0.817. The molecular weight excluding hydrogens is 312 g/mol. The second-order valence-corrected chi connectivity index (χ2v) is 8.16. The van der Waals surface area contributed by atoms with Crippen molar-refractivity contribution in [2.24, 2.45) is 5.41 Å². The zero-order valence-corrected chi connectivity index (χ0v) is 15.9. The number of nitrogens with one attached hydrogen (secondary N) is 1. The van der Waals surface area contributed by atoms with E-state index in [2.05, 4.69) is 51.2 Å². The van der Waals surface area contributed by atoms with E-state index in [0.29, 0.717) is 24.7 Å². The third kappa shape index (κ3) is 3.31. The van der Waals surface area contributed by atoms with E-state index in [1.807, 2.05) is 4.90 Å². The molecular formula is C21H30N2O2. The first-order valence-electron chi connectivity index (χ1n) is 9.60. The summed E-state index contributed by atoms with van der Waals surface area (Å²) in [5.41, 5.74) is 2.38. The summed E-state index contributed by atoms with van der Waals surface area (Å²) in [6.45, 7) is 10.1. The lowest BCUT2D eigenvalue weighted by Crippen LogP contribution is -2.41. The van der Waals surface area contributed by atoms with Crippen LogP contribution < -0.4 is 5.32 Å². The Kier molecular flexibility index (Phi) is 4.90. The molecule has 1 aliphatic heterocycles. The van der Waals surface area contributed by atoms with Gasteiger partial charge < -0.3 is 10.2 Å². The number of amides is 2. The van der Waals surface area contributed by atoms with Gasteiger partial charge in [0.15, 0.2) is 0 Å². The first-order chi connectivity index (χ1) is 11.9. The maximum atomic E-state index is 13.1. The Bertz CT molecular complexity index is 642. The lowest BCUT2D eigenvalue weighted by Gasteiger charge is -2.25. The van der Waals surface area contributed by atoms with Gasteiger partial charge in [-0.25, -0.2) is 0 Å². The summed E-state index contributed by atoms with van der Waals surface area (Å²) in [6.07, 6.45) is 3.46. The summed E-state index contributed by atoms with van der Waals surface area (Å²) < 4.78 is 0. The normalized spacial score (nSPS) is 18.7. The number of hydrogen-bond donors (Lipinski definition) is 1. The Morgan fingerprint density at radius 3 is 1.96 bits per heavy atom. The predicted octanol–water partition coefficient (Wildman–Crippen LogP) is 4.27. The van der Waals surface area contributed by atoms with E-state index in [0.717, 1.165) is 42.7 Å². The third-order valence-electron chi connectivity index (χ3n) is 5.60. The highest BCUT2D eigenvalue weighted by Gasteiger charge is 2.58. The topological polar surface area (TPSA) is 49.4 Å². The van der Waals surface area contributed by atoms with Crippen LogP contribution in [-0.4, -0.2) is 29.8 Å². The molecule has 0 spiro atoms. The highest BCUT2D eigenvalue weighted by atomic mass is 16.2. The van der Waals surface area contributed by atoms with Gasteiger partial charge in [0.2, 0.25) is 11.8 Å². The van der Waals surface area contributed by atoms with Crippen molar-refractivity contribution in [2.75, 3.05) is 18.4 Å². The van der Waals surface area contributed by atoms with Gasteiger partial charge in [-0.05, 0) is 48.6 Å². The van der Waals surface area contributed by atoms with E-state index in [4.69, 9.17) is 0 Å². The van der Waals surface area contributed by atoms with Gasteiger partial charge in [-0.3, -0.25) is 9.59 Å². The van der Waals surface area contributed by atoms with E-state index in [1.54, 1.807) is 0 Å². The van der Waals surface area contributed by atoms with Crippen molar-refractivity contribution in [1.29, 1.82) is 0 Å². The fourth-order valence-electron chi connectivity index (χ4n) is 3.81. The summed E-state index contributed by atoms with van der Waals surface area (Å²) in [5, 5.41) is 3.16. The number of para-hydroxylation sites is 1. The molecule has 25 heavy (non-hydrogen) atoms. The van der Waals surface area contributed by atoms with Gasteiger partial charge >= 0.3 is 0 Å². The number of nitrogens with zero attached hydrogens (tertiary/aromatic N) is 1. The fraction of sp³-hybridized carbons (Fsp3) is 0.619. The van der Waals surface area contributed by atoms with Gasteiger partial charge in [-0.1, -0.05) is 45.9 Å². The first-order valence-corrected chi connectivity index (χ1v) is 9.60. The minimum Gasteiger partial charge on any atom is -0.342 e. The van der Waals surface area contributed by atoms with Gasteiger partial charge in [-0.15, -0.1) is 0 Å². The van der Waals surface area contributed by atoms with E-state index in [1.165, 1.54) is 0 Å². The van der Waals surface area contributed by atoms with Crippen LogP contribution in [0, 0.1) is 5.41 Å². The van der Waals surface area contributed by atoms with Crippen LogP contribution in [0.3, 0.4) is 0 Å². The van der Waals surface area contributed by atoms with E-state index < -0.39 is 5.41 Å². The monoisotopic (exact) mass is 342 g/mol. The van der Waals surface area contributed by atoms with Crippen LogP contribution in [0.4, 0.5) is 5.69 Å². The Morgan fingerprint density at radius 2 is 1.52 bits per heavy atom. The molecule has 2 fully saturated rings. The van der Waals surface area contributed by atoms with Crippen LogP contribution in [0.2, 0.25) is 0 Å². The number of carbonyl (C=O) groups is 2. The summed E-state index contributed by atoms with van der Waals surface area (Å²) in [6, 6.07) is 6.21. The van der Waals surface area contributed by atoms with Crippen molar-refractivity contribution < 1.29 is 9.59 Å². The Balaban J connectivity index is 1.87. The second kappa shape index (κ2) is 6.81. The van der Waals surface area contributed by atoms with E-state index in [9.17, 15) is 9.59 Å². The zero-order chi connectivity index (χ0) is 18.2. The van der Waals surface area contributed by atoms with Crippen LogP contribution in [0.25, 0.3) is 0 Å². The molecule has 0 unspecified atom stereocenters. The minimum absolute atomic E-state index is 0.0376. The van der Waals surface area contributed by atoms with Crippen LogP contribution >= 0.6 is 0 Å². The van der Waals surface area contributed by atoms with Gasteiger partial charge in [0.25, 0.3) is 0 Å². The predicted molar refractivity (Wildman–Crippen MR) is 101 cm³/mol. The average Bonchev–Trinajstić information content (AvgIpc) is 3.21. The molecule has 2 amide bonds. The highest BCUT2D eigenvalue weighted by Crippen LogP contribution is 2.49.